The third kappa shape index (κ3) is 2.93. The second kappa shape index (κ2) is 8.12. The van der Waals surface area contributed by atoms with Crippen LogP contribution in [0.25, 0.3) is 82.2 Å². The number of rotatable bonds is 2. The first-order chi connectivity index (χ1) is 20.2. The lowest BCUT2D eigenvalue weighted by atomic mass is 9.95. The van der Waals surface area contributed by atoms with Crippen LogP contribution in [-0.2, 0) is 14.1 Å². The van der Waals surface area contributed by atoms with E-state index in [1.54, 1.807) is 0 Å². The standard InChI is InChI=1S/C38H27N3/c1-39-32-17-9-6-15-27(32)31-23-29(36-28-16-8-10-18-33(28)40(2)38(36)37(31)39)24-20-21-35-30(22-24)26-14-7-11-19-34(26)41(35)25-12-4-3-5-13-25/h3-23H,1-2H3. The second-order valence-corrected chi connectivity index (χ2v) is 11.1. The highest BCUT2D eigenvalue weighted by Gasteiger charge is 2.21. The number of fused-ring (bicyclic) bond motifs is 10. The van der Waals surface area contributed by atoms with Gasteiger partial charge in [0.1, 0.15) is 0 Å². The minimum atomic E-state index is 1.18. The highest BCUT2D eigenvalue weighted by molar-refractivity contribution is 6.27. The first kappa shape index (κ1) is 22.5. The van der Waals surface area contributed by atoms with E-state index in [-0.39, 0.29) is 0 Å². The average molecular weight is 526 g/mol. The summed E-state index contributed by atoms with van der Waals surface area (Å²) in [6.07, 6.45) is 0. The Balaban J connectivity index is 1.45. The Kier molecular flexibility index (Phi) is 4.46. The number of aromatic nitrogens is 3. The van der Waals surface area contributed by atoms with Gasteiger partial charge in [-0.05, 0) is 59.7 Å². The summed E-state index contributed by atoms with van der Waals surface area (Å²) < 4.78 is 7.14. The Hall–Kier alpha value is -5.28. The highest BCUT2D eigenvalue weighted by Crippen LogP contribution is 2.44. The van der Waals surface area contributed by atoms with E-state index < -0.39 is 0 Å². The molecule has 0 aliphatic heterocycles. The molecule has 0 saturated carbocycles. The number of benzene rings is 6. The van der Waals surface area contributed by atoms with Gasteiger partial charge in [0.05, 0.1) is 22.1 Å². The fourth-order valence-corrected chi connectivity index (χ4v) is 7.24. The lowest BCUT2D eigenvalue weighted by Gasteiger charge is -2.11. The summed E-state index contributed by atoms with van der Waals surface area (Å²) in [5.41, 5.74) is 11.2. The molecule has 0 spiro atoms. The van der Waals surface area contributed by atoms with E-state index in [4.69, 9.17) is 0 Å². The van der Waals surface area contributed by atoms with Crippen LogP contribution in [0.2, 0.25) is 0 Å². The molecule has 0 N–H and O–H groups in total. The summed E-state index contributed by atoms with van der Waals surface area (Å²) in [5, 5.41) is 7.73. The van der Waals surface area contributed by atoms with Gasteiger partial charge in [0.2, 0.25) is 0 Å². The quantitative estimate of drug-likeness (QED) is 0.213. The molecule has 41 heavy (non-hydrogen) atoms. The van der Waals surface area contributed by atoms with Crippen molar-refractivity contribution < 1.29 is 0 Å². The average Bonchev–Trinajstić information content (AvgIpc) is 3.63. The summed E-state index contributed by atoms with van der Waals surface area (Å²) >= 11 is 0. The minimum absolute atomic E-state index is 1.18. The maximum atomic E-state index is 2.43. The van der Waals surface area contributed by atoms with Crippen molar-refractivity contribution in [1.82, 2.24) is 13.7 Å². The molecule has 3 heterocycles. The summed E-state index contributed by atoms with van der Waals surface area (Å²) in [6, 6.07) is 46.5. The van der Waals surface area contributed by atoms with Crippen molar-refractivity contribution in [2.45, 2.75) is 0 Å². The number of aryl methyl sites for hydroxylation is 2. The van der Waals surface area contributed by atoms with E-state index >= 15 is 0 Å². The molecule has 0 radical (unpaired) electrons. The minimum Gasteiger partial charge on any atom is -0.342 e. The van der Waals surface area contributed by atoms with Crippen LogP contribution >= 0.6 is 0 Å². The third-order valence-electron chi connectivity index (χ3n) is 9.03. The smallest absolute Gasteiger partial charge is 0.0742 e. The molecular weight excluding hydrogens is 498 g/mol. The molecule has 3 aromatic heterocycles. The Labute approximate surface area is 237 Å². The molecule has 9 rings (SSSR count). The van der Waals surface area contributed by atoms with E-state index in [2.05, 4.69) is 155 Å². The van der Waals surface area contributed by atoms with Gasteiger partial charge in [-0.25, -0.2) is 0 Å². The molecule has 0 unspecified atom stereocenters. The molecule has 0 fully saturated rings. The largest absolute Gasteiger partial charge is 0.342 e. The van der Waals surface area contributed by atoms with Gasteiger partial charge in [0.25, 0.3) is 0 Å². The fourth-order valence-electron chi connectivity index (χ4n) is 7.24. The van der Waals surface area contributed by atoms with Gasteiger partial charge >= 0.3 is 0 Å². The topological polar surface area (TPSA) is 14.8 Å². The fraction of sp³-hybridized carbons (Fsp3) is 0.0526. The van der Waals surface area contributed by atoms with Crippen LogP contribution in [0.15, 0.2) is 127 Å². The van der Waals surface area contributed by atoms with E-state index in [0.29, 0.717) is 0 Å². The molecule has 3 heteroatoms. The summed E-state index contributed by atoms with van der Waals surface area (Å²) in [4.78, 5) is 0. The molecule has 9 aromatic rings. The molecule has 3 nitrogen and oxygen atoms in total. The van der Waals surface area contributed by atoms with Crippen LogP contribution in [0.1, 0.15) is 0 Å². The van der Waals surface area contributed by atoms with Gasteiger partial charge in [0, 0.05) is 63.1 Å². The summed E-state index contributed by atoms with van der Waals surface area (Å²) in [7, 11) is 4.41. The number of para-hydroxylation sites is 4. The van der Waals surface area contributed by atoms with Crippen LogP contribution in [-0.4, -0.2) is 13.7 Å². The maximum absolute atomic E-state index is 2.43. The monoisotopic (exact) mass is 525 g/mol. The second-order valence-electron chi connectivity index (χ2n) is 11.1. The number of hydrogen-bond donors (Lipinski definition) is 0. The molecule has 6 aromatic carbocycles. The highest BCUT2D eigenvalue weighted by atomic mass is 15.0. The zero-order chi connectivity index (χ0) is 27.2. The molecule has 0 amide bonds. The van der Waals surface area contributed by atoms with E-state index in [9.17, 15) is 0 Å². The lowest BCUT2D eigenvalue weighted by Crippen LogP contribution is -1.94. The van der Waals surface area contributed by atoms with Crippen LogP contribution in [0, 0.1) is 0 Å². The maximum Gasteiger partial charge on any atom is 0.0742 e. The predicted octanol–water partition coefficient (Wildman–Crippen LogP) is 9.74. The molecule has 0 saturated heterocycles. The Morgan fingerprint density at radius 2 is 0.976 bits per heavy atom. The van der Waals surface area contributed by atoms with Crippen molar-refractivity contribution in [3.63, 3.8) is 0 Å². The zero-order valence-corrected chi connectivity index (χ0v) is 23.0. The van der Waals surface area contributed by atoms with Crippen LogP contribution in [0.3, 0.4) is 0 Å². The Bertz CT molecular complexity index is 2490. The summed E-state index contributed by atoms with van der Waals surface area (Å²) in [5.74, 6) is 0. The summed E-state index contributed by atoms with van der Waals surface area (Å²) in [6.45, 7) is 0. The van der Waals surface area contributed by atoms with Crippen molar-refractivity contribution in [3.8, 4) is 16.8 Å². The van der Waals surface area contributed by atoms with Crippen LogP contribution in [0.5, 0.6) is 0 Å². The van der Waals surface area contributed by atoms with Crippen molar-refractivity contribution in [2.24, 2.45) is 14.1 Å². The Morgan fingerprint density at radius 3 is 1.73 bits per heavy atom. The van der Waals surface area contributed by atoms with Crippen molar-refractivity contribution in [2.75, 3.05) is 0 Å². The first-order valence-corrected chi connectivity index (χ1v) is 14.2. The first-order valence-electron chi connectivity index (χ1n) is 14.2. The molecule has 0 aliphatic rings. The van der Waals surface area contributed by atoms with Gasteiger partial charge in [-0.3, -0.25) is 0 Å². The van der Waals surface area contributed by atoms with Gasteiger partial charge in [-0.15, -0.1) is 0 Å². The van der Waals surface area contributed by atoms with Gasteiger partial charge in [-0.1, -0.05) is 78.9 Å². The van der Waals surface area contributed by atoms with Gasteiger partial charge in [-0.2, -0.15) is 0 Å². The molecule has 194 valence electrons. The van der Waals surface area contributed by atoms with E-state index in [1.807, 2.05) is 0 Å². The molecule has 0 aliphatic carbocycles. The molecular formula is C38H27N3. The zero-order valence-electron chi connectivity index (χ0n) is 23.0. The number of hydrogen-bond acceptors (Lipinski definition) is 0. The predicted molar refractivity (Wildman–Crippen MR) is 174 cm³/mol. The van der Waals surface area contributed by atoms with Gasteiger partial charge in [0.15, 0.2) is 0 Å². The molecule has 0 bridgehead atoms. The van der Waals surface area contributed by atoms with E-state index in [0.717, 1.165) is 0 Å². The van der Waals surface area contributed by atoms with Crippen LogP contribution < -0.4 is 0 Å². The lowest BCUT2D eigenvalue weighted by molar-refractivity contribution is 0.986. The Morgan fingerprint density at radius 1 is 0.415 bits per heavy atom. The van der Waals surface area contributed by atoms with Crippen molar-refractivity contribution >= 4 is 65.4 Å². The normalized spacial score (nSPS) is 12.1. The van der Waals surface area contributed by atoms with Crippen molar-refractivity contribution in [1.29, 1.82) is 0 Å². The molecule has 0 atom stereocenters. The number of nitrogens with zero attached hydrogens (tertiary/aromatic N) is 3. The van der Waals surface area contributed by atoms with Gasteiger partial charge < -0.3 is 13.7 Å². The van der Waals surface area contributed by atoms with E-state index in [1.165, 1.54) is 82.2 Å². The van der Waals surface area contributed by atoms with Crippen molar-refractivity contribution in [3.05, 3.63) is 127 Å². The third-order valence-corrected chi connectivity index (χ3v) is 9.03. The van der Waals surface area contributed by atoms with Crippen LogP contribution in [0.4, 0.5) is 0 Å². The SMILES string of the molecule is Cn1c2ccccc2c2cc(-c3ccc4c(c3)c3ccccc3n4-c3ccccc3)c3c4ccccc4n(C)c3c21.